The number of nitrogens with one attached hydrogen (secondary N) is 1. The highest BCUT2D eigenvalue weighted by atomic mass is 16.6. The number of nitrogens with zero attached hydrogens (tertiary/aromatic N) is 2. The van der Waals surface area contributed by atoms with Crippen molar-refractivity contribution in [3.63, 3.8) is 0 Å². The van der Waals surface area contributed by atoms with Gasteiger partial charge in [0.05, 0.1) is 11.5 Å². The molecule has 1 N–H and O–H groups in total. The molecule has 0 aromatic heterocycles. The fourth-order valence-corrected chi connectivity index (χ4v) is 3.46. The Labute approximate surface area is 164 Å². The number of nitro groups is 1. The molecule has 1 amide bonds. The molecule has 1 aliphatic heterocycles. The second kappa shape index (κ2) is 9.21. The van der Waals surface area contributed by atoms with E-state index in [-0.39, 0.29) is 22.4 Å². The summed E-state index contributed by atoms with van der Waals surface area (Å²) in [5.41, 5.74) is 1.86. The number of carbonyl (C=O) groups is 1. The summed E-state index contributed by atoms with van der Waals surface area (Å²) in [6.07, 6.45) is 1.35. The largest absolute Gasteiger partial charge is 0.492 e. The zero-order valence-corrected chi connectivity index (χ0v) is 16.0. The zero-order valence-electron chi connectivity index (χ0n) is 16.0. The first-order chi connectivity index (χ1) is 13.5. The van der Waals surface area contributed by atoms with Crippen LogP contribution in [0.15, 0.2) is 48.5 Å². The van der Waals surface area contributed by atoms with E-state index in [1.54, 1.807) is 18.2 Å². The Kier molecular flexibility index (Phi) is 6.47. The van der Waals surface area contributed by atoms with Crippen LogP contribution >= 0.6 is 0 Å². The van der Waals surface area contributed by atoms with Crippen molar-refractivity contribution < 1.29 is 14.5 Å². The molecule has 2 aromatic rings. The van der Waals surface area contributed by atoms with Crippen LogP contribution in [0.2, 0.25) is 0 Å². The van der Waals surface area contributed by atoms with Gasteiger partial charge >= 0.3 is 0 Å². The Balaban J connectivity index is 1.43. The minimum atomic E-state index is -0.359. The van der Waals surface area contributed by atoms with Gasteiger partial charge in [-0.15, -0.1) is 0 Å². The number of carbonyl (C=O) groups excluding carboxylic acids is 1. The maximum Gasteiger partial charge on any atom is 0.292 e. The number of hydrogen-bond acceptors (Lipinski definition) is 5. The molecule has 0 atom stereocenters. The molecule has 0 aliphatic carbocycles. The lowest BCUT2D eigenvalue weighted by Crippen LogP contribution is -2.41. The lowest BCUT2D eigenvalue weighted by Gasteiger charge is -2.32. The van der Waals surface area contributed by atoms with Crippen LogP contribution in [-0.2, 0) is 4.79 Å². The van der Waals surface area contributed by atoms with Gasteiger partial charge in [-0.05, 0) is 43.5 Å². The minimum Gasteiger partial charge on any atom is -0.492 e. The van der Waals surface area contributed by atoms with Crippen LogP contribution in [-0.4, -0.2) is 37.1 Å². The summed E-state index contributed by atoms with van der Waals surface area (Å²) in [4.78, 5) is 25.2. The standard InChI is InChI=1S/C21H25N3O4/c1-16-5-4-6-18(15-16)28-14-11-22-21(25)17-9-12-23(13-10-17)19-7-2-3-8-20(19)24(26)27/h2-8,15,17H,9-14H2,1H3,(H,22,25). The minimum absolute atomic E-state index is 0.0232. The van der Waals surface area contributed by atoms with E-state index in [4.69, 9.17) is 4.74 Å². The molecule has 1 fully saturated rings. The number of piperidine rings is 1. The van der Waals surface area contributed by atoms with E-state index in [0.29, 0.717) is 44.8 Å². The van der Waals surface area contributed by atoms with Crippen LogP contribution in [0, 0.1) is 23.0 Å². The molecule has 148 valence electrons. The third kappa shape index (κ3) is 5.00. The SMILES string of the molecule is Cc1cccc(OCCNC(=O)C2CCN(c3ccccc3[N+](=O)[O-])CC2)c1. The molecule has 7 heteroatoms. The topological polar surface area (TPSA) is 84.7 Å². The average molecular weight is 383 g/mol. The molecule has 1 saturated heterocycles. The number of para-hydroxylation sites is 2. The molecule has 3 rings (SSSR count). The van der Waals surface area contributed by atoms with E-state index >= 15 is 0 Å². The number of hydrogen-bond donors (Lipinski definition) is 1. The van der Waals surface area contributed by atoms with Gasteiger partial charge in [0, 0.05) is 25.1 Å². The van der Waals surface area contributed by atoms with Crippen LogP contribution in [0.3, 0.4) is 0 Å². The first kappa shape index (κ1) is 19.7. The Morgan fingerprint density at radius 2 is 1.96 bits per heavy atom. The van der Waals surface area contributed by atoms with Crippen molar-refractivity contribution in [3.05, 3.63) is 64.2 Å². The van der Waals surface area contributed by atoms with Crippen LogP contribution in [0.5, 0.6) is 5.75 Å². The van der Waals surface area contributed by atoms with Gasteiger partial charge in [-0.2, -0.15) is 0 Å². The van der Waals surface area contributed by atoms with E-state index in [0.717, 1.165) is 11.3 Å². The van der Waals surface area contributed by atoms with Gasteiger partial charge in [-0.3, -0.25) is 14.9 Å². The summed E-state index contributed by atoms with van der Waals surface area (Å²) in [5, 5.41) is 14.1. The van der Waals surface area contributed by atoms with Gasteiger partial charge in [0.2, 0.25) is 5.91 Å². The monoisotopic (exact) mass is 383 g/mol. The fraction of sp³-hybridized carbons (Fsp3) is 0.381. The van der Waals surface area contributed by atoms with E-state index in [9.17, 15) is 14.9 Å². The van der Waals surface area contributed by atoms with Crippen molar-refractivity contribution in [1.82, 2.24) is 5.32 Å². The predicted octanol–water partition coefficient (Wildman–Crippen LogP) is 3.31. The number of anilines is 1. The highest BCUT2D eigenvalue weighted by Gasteiger charge is 2.27. The number of amides is 1. The highest BCUT2D eigenvalue weighted by molar-refractivity contribution is 5.79. The van der Waals surface area contributed by atoms with Crippen LogP contribution in [0.25, 0.3) is 0 Å². The maximum absolute atomic E-state index is 12.4. The number of nitro benzene ring substituents is 1. The molecule has 0 spiro atoms. The van der Waals surface area contributed by atoms with Gasteiger partial charge in [-0.1, -0.05) is 24.3 Å². The molecule has 2 aromatic carbocycles. The van der Waals surface area contributed by atoms with E-state index in [1.807, 2.05) is 36.1 Å². The maximum atomic E-state index is 12.4. The van der Waals surface area contributed by atoms with E-state index < -0.39 is 0 Å². The number of aryl methyl sites for hydroxylation is 1. The Bertz CT molecular complexity index is 832. The first-order valence-corrected chi connectivity index (χ1v) is 9.50. The van der Waals surface area contributed by atoms with Gasteiger partial charge < -0.3 is 15.0 Å². The third-order valence-corrected chi connectivity index (χ3v) is 4.94. The first-order valence-electron chi connectivity index (χ1n) is 9.50. The fourth-order valence-electron chi connectivity index (χ4n) is 3.46. The smallest absolute Gasteiger partial charge is 0.292 e. The molecule has 7 nitrogen and oxygen atoms in total. The molecule has 0 bridgehead atoms. The summed E-state index contributed by atoms with van der Waals surface area (Å²) in [6, 6.07) is 14.5. The van der Waals surface area contributed by atoms with Crippen molar-refractivity contribution in [2.24, 2.45) is 5.92 Å². The van der Waals surface area contributed by atoms with Crippen LogP contribution < -0.4 is 15.0 Å². The summed E-state index contributed by atoms with van der Waals surface area (Å²) in [7, 11) is 0. The summed E-state index contributed by atoms with van der Waals surface area (Å²) in [6.45, 7) is 4.14. The number of ether oxygens (including phenoxy) is 1. The Morgan fingerprint density at radius 1 is 1.21 bits per heavy atom. The van der Waals surface area contributed by atoms with Crippen molar-refractivity contribution in [3.8, 4) is 5.75 Å². The lowest BCUT2D eigenvalue weighted by molar-refractivity contribution is -0.384. The van der Waals surface area contributed by atoms with Crippen molar-refractivity contribution in [1.29, 1.82) is 0 Å². The second-order valence-electron chi connectivity index (χ2n) is 6.96. The lowest BCUT2D eigenvalue weighted by atomic mass is 9.95. The van der Waals surface area contributed by atoms with Crippen molar-refractivity contribution in [2.45, 2.75) is 19.8 Å². The zero-order chi connectivity index (χ0) is 19.9. The van der Waals surface area contributed by atoms with E-state index in [2.05, 4.69) is 5.32 Å². The highest BCUT2D eigenvalue weighted by Crippen LogP contribution is 2.31. The van der Waals surface area contributed by atoms with Gasteiger partial charge in [0.15, 0.2) is 0 Å². The molecule has 0 radical (unpaired) electrons. The van der Waals surface area contributed by atoms with E-state index in [1.165, 1.54) is 6.07 Å². The molecule has 0 unspecified atom stereocenters. The van der Waals surface area contributed by atoms with Crippen molar-refractivity contribution >= 4 is 17.3 Å². The molecular formula is C21H25N3O4. The molecule has 28 heavy (non-hydrogen) atoms. The normalized spacial score (nSPS) is 14.5. The Morgan fingerprint density at radius 3 is 2.68 bits per heavy atom. The molecule has 1 aliphatic rings. The Hall–Kier alpha value is -3.09. The quantitative estimate of drug-likeness (QED) is 0.450. The predicted molar refractivity (Wildman–Crippen MR) is 108 cm³/mol. The number of benzene rings is 2. The summed E-state index contributed by atoms with van der Waals surface area (Å²) < 4.78 is 5.65. The summed E-state index contributed by atoms with van der Waals surface area (Å²) >= 11 is 0. The van der Waals surface area contributed by atoms with Gasteiger partial charge in [0.1, 0.15) is 18.0 Å². The second-order valence-corrected chi connectivity index (χ2v) is 6.96. The van der Waals surface area contributed by atoms with Crippen LogP contribution in [0.1, 0.15) is 18.4 Å². The average Bonchev–Trinajstić information content (AvgIpc) is 2.71. The molecule has 1 heterocycles. The number of rotatable bonds is 7. The molecular weight excluding hydrogens is 358 g/mol. The van der Waals surface area contributed by atoms with Crippen LogP contribution in [0.4, 0.5) is 11.4 Å². The van der Waals surface area contributed by atoms with Crippen molar-refractivity contribution in [2.75, 3.05) is 31.1 Å². The summed E-state index contributed by atoms with van der Waals surface area (Å²) in [5.74, 6) is 0.750. The third-order valence-electron chi connectivity index (χ3n) is 4.94. The van der Waals surface area contributed by atoms with Gasteiger partial charge in [-0.25, -0.2) is 0 Å². The molecule has 0 saturated carbocycles. The van der Waals surface area contributed by atoms with Gasteiger partial charge in [0.25, 0.3) is 5.69 Å².